The molecule has 1 amide bonds. The van der Waals surface area contributed by atoms with Crippen LogP contribution in [0.3, 0.4) is 0 Å². The summed E-state index contributed by atoms with van der Waals surface area (Å²) in [6, 6.07) is 11.6. The average molecular weight is 399 g/mol. The lowest BCUT2D eigenvalue weighted by Gasteiger charge is -2.33. The normalized spacial score (nSPS) is 18.0. The minimum absolute atomic E-state index is 0.201. The molecule has 0 N–H and O–H groups in total. The van der Waals surface area contributed by atoms with Crippen molar-refractivity contribution in [3.63, 3.8) is 0 Å². The standard InChI is InChI=1S/C17H14BrClFNO2/c18-13-7-12(8-15(20)9-13)17(22)21-5-6-23-16(10-21)11-1-3-14(19)4-2-11/h1-4,7-9,16H,5-6,10H2. The summed E-state index contributed by atoms with van der Waals surface area (Å²) in [4.78, 5) is 14.3. The molecule has 2 aromatic carbocycles. The summed E-state index contributed by atoms with van der Waals surface area (Å²) in [5, 5.41) is 0.655. The fraction of sp³-hybridized carbons (Fsp3) is 0.235. The van der Waals surface area contributed by atoms with Crippen LogP contribution >= 0.6 is 27.5 Å². The Hall–Kier alpha value is -1.43. The number of halogens is 3. The van der Waals surface area contributed by atoms with E-state index in [9.17, 15) is 9.18 Å². The van der Waals surface area contributed by atoms with Crippen molar-refractivity contribution in [1.82, 2.24) is 4.90 Å². The highest BCUT2D eigenvalue weighted by Crippen LogP contribution is 2.25. The molecule has 1 fully saturated rings. The highest BCUT2D eigenvalue weighted by molar-refractivity contribution is 9.10. The number of nitrogens with zero attached hydrogens (tertiary/aromatic N) is 1. The van der Waals surface area contributed by atoms with E-state index in [1.165, 1.54) is 12.1 Å². The molecular formula is C17H14BrClFNO2. The van der Waals surface area contributed by atoms with Crippen molar-refractivity contribution in [3.8, 4) is 0 Å². The first-order valence-electron chi connectivity index (χ1n) is 7.15. The van der Waals surface area contributed by atoms with E-state index in [1.807, 2.05) is 12.1 Å². The number of hydrogen-bond acceptors (Lipinski definition) is 2. The van der Waals surface area contributed by atoms with Gasteiger partial charge in [0, 0.05) is 21.6 Å². The van der Waals surface area contributed by atoms with Crippen LogP contribution in [0, 0.1) is 5.82 Å². The van der Waals surface area contributed by atoms with Crippen LogP contribution < -0.4 is 0 Å². The van der Waals surface area contributed by atoms with Gasteiger partial charge in [0.05, 0.1) is 13.2 Å². The van der Waals surface area contributed by atoms with Crippen LogP contribution in [0.25, 0.3) is 0 Å². The molecule has 0 aromatic heterocycles. The quantitative estimate of drug-likeness (QED) is 0.748. The van der Waals surface area contributed by atoms with Crippen LogP contribution in [-0.2, 0) is 4.74 Å². The van der Waals surface area contributed by atoms with Crippen LogP contribution in [0.5, 0.6) is 0 Å². The Morgan fingerprint density at radius 3 is 2.70 bits per heavy atom. The van der Waals surface area contributed by atoms with Crippen molar-refractivity contribution in [3.05, 3.63) is 68.9 Å². The third-order valence-electron chi connectivity index (χ3n) is 3.70. The molecule has 3 nitrogen and oxygen atoms in total. The molecule has 1 heterocycles. The molecule has 23 heavy (non-hydrogen) atoms. The van der Waals surface area contributed by atoms with Crippen LogP contribution in [0.2, 0.25) is 5.02 Å². The summed E-state index contributed by atoms with van der Waals surface area (Å²) in [5.41, 5.74) is 1.29. The average Bonchev–Trinajstić information content (AvgIpc) is 2.54. The van der Waals surface area contributed by atoms with Gasteiger partial charge in [-0.3, -0.25) is 4.79 Å². The van der Waals surface area contributed by atoms with Gasteiger partial charge in [0.25, 0.3) is 5.91 Å². The van der Waals surface area contributed by atoms with Crippen LogP contribution in [0.15, 0.2) is 46.9 Å². The lowest BCUT2D eigenvalue weighted by Crippen LogP contribution is -2.42. The highest BCUT2D eigenvalue weighted by atomic mass is 79.9. The van der Waals surface area contributed by atoms with E-state index in [0.717, 1.165) is 5.56 Å². The number of rotatable bonds is 2. The second-order valence-corrected chi connectivity index (χ2v) is 6.67. The van der Waals surface area contributed by atoms with Gasteiger partial charge < -0.3 is 9.64 Å². The number of carbonyl (C=O) groups is 1. The van der Waals surface area contributed by atoms with Crippen molar-refractivity contribution >= 4 is 33.4 Å². The Morgan fingerprint density at radius 1 is 1.26 bits per heavy atom. The SMILES string of the molecule is O=C(c1cc(F)cc(Br)c1)N1CCOC(c2ccc(Cl)cc2)C1. The van der Waals surface area contributed by atoms with Crippen molar-refractivity contribution in [2.24, 2.45) is 0 Å². The Bertz CT molecular complexity index is 703. The topological polar surface area (TPSA) is 29.5 Å². The van der Waals surface area contributed by atoms with E-state index < -0.39 is 5.82 Å². The summed E-state index contributed by atoms with van der Waals surface area (Å²) in [6.45, 7) is 1.35. The predicted octanol–water partition coefficient (Wildman–Crippen LogP) is 4.46. The molecule has 1 unspecified atom stereocenters. The summed E-state index contributed by atoms with van der Waals surface area (Å²) in [6.07, 6.45) is -0.207. The highest BCUT2D eigenvalue weighted by Gasteiger charge is 2.26. The summed E-state index contributed by atoms with van der Waals surface area (Å²) < 4.78 is 19.8. The molecule has 1 aliphatic rings. The fourth-order valence-electron chi connectivity index (χ4n) is 2.57. The third-order valence-corrected chi connectivity index (χ3v) is 4.41. The van der Waals surface area contributed by atoms with Crippen molar-refractivity contribution in [1.29, 1.82) is 0 Å². The predicted molar refractivity (Wildman–Crippen MR) is 90.1 cm³/mol. The Morgan fingerprint density at radius 2 is 2.00 bits per heavy atom. The number of hydrogen-bond donors (Lipinski definition) is 0. The smallest absolute Gasteiger partial charge is 0.254 e. The molecular weight excluding hydrogens is 385 g/mol. The third kappa shape index (κ3) is 3.91. The second kappa shape index (κ2) is 6.99. The Kier molecular flexibility index (Phi) is 4.99. The first-order valence-corrected chi connectivity index (χ1v) is 8.32. The van der Waals surface area contributed by atoms with E-state index in [4.69, 9.17) is 16.3 Å². The summed E-state index contributed by atoms with van der Waals surface area (Å²) >= 11 is 9.11. The zero-order valence-corrected chi connectivity index (χ0v) is 14.5. The first kappa shape index (κ1) is 16.4. The van der Waals surface area contributed by atoms with Gasteiger partial charge >= 0.3 is 0 Å². The lowest BCUT2D eigenvalue weighted by atomic mass is 10.1. The van der Waals surface area contributed by atoms with Crippen LogP contribution in [0.4, 0.5) is 4.39 Å². The Balaban J connectivity index is 1.77. The van der Waals surface area contributed by atoms with Crippen molar-refractivity contribution in [2.45, 2.75) is 6.10 Å². The zero-order chi connectivity index (χ0) is 16.4. The Labute approximate surface area is 147 Å². The number of carbonyl (C=O) groups excluding carboxylic acids is 1. The van der Waals surface area contributed by atoms with Gasteiger partial charge in [-0.05, 0) is 35.9 Å². The maximum atomic E-state index is 13.5. The van der Waals surface area contributed by atoms with Crippen molar-refractivity contribution < 1.29 is 13.9 Å². The van der Waals surface area contributed by atoms with Crippen LogP contribution in [-0.4, -0.2) is 30.5 Å². The molecule has 1 aliphatic heterocycles. The summed E-state index contributed by atoms with van der Waals surface area (Å²) in [7, 11) is 0. The molecule has 0 radical (unpaired) electrons. The number of amides is 1. The van der Waals surface area contributed by atoms with Gasteiger partial charge in [-0.15, -0.1) is 0 Å². The number of benzene rings is 2. The molecule has 0 aliphatic carbocycles. The molecule has 1 atom stereocenters. The summed E-state index contributed by atoms with van der Waals surface area (Å²) in [5.74, 6) is -0.641. The maximum absolute atomic E-state index is 13.5. The molecule has 6 heteroatoms. The molecule has 1 saturated heterocycles. The van der Waals surface area contributed by atoms with Crippen LogP contribution in [0.1, 0.15) is 22.0 Å². The van der Waals surface area contributed by atoms with Gasteiger partial charge in [-0.25, -0.2) is 4.39 Å². The van der Waals surface area contributed by atoms with Gasteiger partial charge in [0.2, 0.25) is 0 Å². The van der Waals surface area contributed by atoms with E-state index in [2.05, 4.69) is 15.9 Å². The van der Waals surface area contributed by atoms with Gasteiger partial charge in [0.1, 0.15) is 11.9 Å². The monoisotopic (exact) mass is 397 g/mol. The first-order chi connectivity index (χ1) is 11.0. The maximum Gasteiger partial charge on any atom is 0.254 e. The minimum Gasteiger partial charge on any atom is -0.370 e. The molecule has 3 rings (SSSR count). The lowest BCUT2D eigenvalue weighted by molar-refractivity contribution is -0.0228. The largest absolute Gasteiger partial charge is 0.370 e. The second-order valence-electron chi connectivity index (χ2n) is 5.32. The minimum atomic E-state index is -0.440. The van der Waals surface area contributed by atoms with Gasteiger partial charge in [-0.2, -0.15) is 0 Å². The zero-order valence-electron chi connectivity index (χ0n) is 12.1. The molecule has 0 saturated carbocycles. The number of ether oxygens (including phenoxy) is 1. The molecule has 2 aromatic rings. The van der Waals surface area contributed by atoms with Gasteiger partial charge in [0.15, 0.2) is 0 Å². The fourth-order valence-corrected chi connectivity index (χ4v) is 3.16. The number of morpholine rings is 1. The van der Waals surface area contributed by atoms with E-state index in [-0.39, 0.29) is 12.0 Å². The van der Waals surface area contributed by atoms with E-state index in [1.54, 1.807) is 23.1 Å². The van der Waals surface area contributed by atoms with E-state index >= 15 is 0 Å². The van der Waals surface area contributed by atoms with Crippen molar-refractivity contribution in [2.75, 3.05) is 19.7 Å². The van der Waals surface area contributed by atoms with Gasteiger partial charge in [-0.1, -0.05) is 39.7 Å². The molecule has 0 bridgehead atoms. The molecule has 120 valence electrons. The van der Waals surface area contributed by atoms with E-state index in [0.29, 0.717) is 34.8 Å². The molecule has 0 spiro atoms.